The predicted octanol–water partition coefficient (Wildman–Crippen LogP) is 4.67. The van der Waals surface area contributed by atoms with Crippen molar-refractivity contribution in [1.82, 2.24) is 0 Å². The van der Waals surface area contributed by atoms with Crippen molar-refractivity contribution in [3.8, 4) is 11.5 Å². The van der Waals surface area contributed by atoms with E-state index in [9.17, 15) is 0 Å². The Morgan fingerprint density at radius 3 is 2.40 bits per heavy atom. The molecule has 0 aliphatic rings. The third-order valence-corrected chi connectivity index (χ3v) is 4.00. The number of nitrogens with two attached hydrogens (primary N) is 1. The van der Waals surface area contributed by atoms with Crippen LogP contribution in [0.1, 0.15) is 23.6 Å². The van der Waals surface area contributed by atoms with E-state index in [1.54, 1.807) is 11.8 Å². The molecule has 2 aromatic carbocycles. The van der Waals surface area contributed by atoms with Crippen molar-refractivity contribution in [3.63, 3.8) is 0 Å². The summed E-state index contributed by atoms with van der Waals surface area (Å²) in [4.78, 5) is 1.21. The van der Waals surface area contributed by atoms with Crippen LogP contribution in [0, 0.1) is 13.8 Å². The van der Waals surface area contributed by atoms with E-state index in [-0.39, 0.29) is 0 Å². The molecule has 0 saturated heterocycles. The highest BCUT2D eigenvalue weighted by Crippen LogP contribution is 2.33. The summed E-state index contributed by atoms with van der Waals surface area (Å²) in [6.45, 7) is 6.78. The zero-order valence-electron chi connectivity index (χ0n) is 12.3. The summed E-state index contributed by atoms with van der Waals surface area (Å²) in [5.41, 5.74) is 9.39. The number of aryl methyl sites for hydroxylation is 2. The van der Waals surface area contributed by atoms with Crippen LogP contribution in [0.5, 0.6) is 11.5 Å². The fourth-order valence-electron chi connectivity index (χ4n) is 2.25. The lowest BCUT2D eigenvalue weighted by molar-refractivity contribution is 0.473. The predicted molar refractivity (Wildman–Crippen MR) is 86.7 cm³/mol. The summed E-state index contributed by atoms with van der Waals surface area (Å²) in [6.07, 6.45) is 0. The average Bonchev–Trinajstić information content (AvgIpc) is 2.38. The maximum Gasteiger partial charge on any atom is 0.133 e. The highest BCUT2D eigenvalue weighted by molar-refractivity contribution is 7.99. The fraction of sp³-hybridized carbons (Fsp3) is 0.294. The van der Waals surface area contributed by atoms with Crippen LogP contribution in [0.15, 0.2) is 41.3 Å². The second-order valence-electron chi connectivity index (χ2n) is 4.80. The van der Waals surface area contributed by atoms with E-state index < -0.39 is 0 Å². The summed E-state index contributed by atoms with van der Waals surface area (Å²) in [5, 5.41) is 0. The quantitative estimate of drug-likeness (QED) is 0.812. The number of rotatable bonds is 5. The lowest BCUT2D eigenvalue weighted by Crippen LogP contribution is -2.02. The van der Waals surface area contributed by atoms with E-state index in [0.717, 1.165) is 22.8 Å². The first-order chi connectivity index (χ1) is 9.63. The molecule has 0 saturated carbocycles. The summed E-state index contributed by atoms with van der Waals surface area (Å²) < 4.78 is 6.06. The molecule has 20 heavy (non-hydrogen) atoms. The monoisotopic (exact) mass is 287 g/mol. The molecular formula is C17H21NOS. The van der Waals surface area contributed by atoms with E-state index in [1.165, 1.54) is 16.0 Å². The van der Waals surface area contributed by atoms with Gasteiger partial charge in [-0.2, -0.15) is 0 Å². The third kappa shape index (κ3) is 3.56. The standard InChI is InChI=1S/C17H21NOS/c1-4-20-17-7-5-6-16(15(17)11-18)19-14-9-12(2)8-13(3)10-14/h5-10H,4,11,18H2,1-3H3. The van der Waals surface area contributed by atoms with Gasteiger partial charge in [0.2, 0.25) is 0 Å². The maximum absolute atomic E-state index is 6.06. The van der Waals surface area contributed by atoms with E-state index in [0.29, 0.717) is 6.54 Å². The van der Waals surface area contributed by atoms with Crippen molar-refractivity contribution in [2.75, 3.05) is 5.75 Å². The second kappa shape index (κ2) is 6.82. The van der Waals surface area contributed by atoms with Gasteiger partial charge in [-0.25, -0.2) is 0 Å². The zero-order chi connectivity index (χ0) is 14.5. The number of ether oxygens (including phenoxy) is 1. The third-order valence-electron chi connectivity index (χ3n) is 3.02. The minimum atomic E-state index is 0.489. The normalized spacial score (nSPS) is 10.6. The highest BCUT2D eigenvalue weighted by atomic mass is 32.2. The molecule has 0 bridgehead atoms. The first kappa shape index (κ1) is 14.9. The van der Waals surface area contributed by atoms with Crippen molar-refractivity contribution in [1.29, 1.82) is 0 Å². The number of hydrogen-bond donors (Lipinski definition) is 1. The minimum absolute atomic E-state index is 0.489. The first-order valence-electron chi connectivity index (χ1n) is 6.85. The molecule has 0 aliphatic heterocycles. The molecule has 0 aliphatic carbocycles. The molecular weight excluding hydrogens is 266 g/mol. The average molecular weight is 287 g/mol. The Kier molecular flexibility index (Phi) is 5.10. The van der Waals surface area contributed by atoms with Crippen LogP contribution in [0.3, 0.4) is 0 Å². The van der Waals surface area contributed by atoms with Crippen molar-refractivity contribution < 1.29 is 4.74 Å². The summed E-state index contributed by atoms with van der Waals surface area (Å²) >= 11 is 1.80. The van der Waals surface area contributed by atoms with E-state index in [2.05, 4.69) is 32.9 Å². The number of thioether (sulfide) groups is 1. The topological polar surface area (TPSA) is 35.2 Å². The molecule has 0 radical (unpaired) electrons. The van der Waals surface area contributed by atoms with Gasteiger partial charge in [0.1, 0.15) is 11.5 Å². The Labute approximate surface area is 125 Å². The molecule has 0 fully saturated rings. The van der Waals surface area contributed by atoms with Crippen molar-refractivity contribution in [2.45, 2.75) is 32.2 Å². The van der Waals surface area contributed by atoms with Crippen LogP contribution in [-0.2, 0) is 6.54 Å². The second-order valence-corrected chi connectivity index (χ2v) is 6.10. The highest BCUT2D eigenvalue weighted by Gasteiger charge is 2.09. The Hall–Kier alpha value is -1.45. The van der Waals surface area contributed by atoms with Crippen molar-refractivity contribution in [2.24, 2.45) is 5.73 Å². The number of benzene rings is 2. The maximum atomic E-state index is 6.06. The van der Waals surface area contributed by atoms with Gasteiger partial charge in [0.05, 0.1) is 0 Å². The summed E-state index contributed by atoms with van der Waals surface area (Å²) in [7, 11) is 0. The molecule has 2 aromatic rings. The molecule has 2 nitrogen and oxygen atoms in total. The SMILES string of the molecule is CCSc1cccc(Oc2cc(C)cc(C)c2)c1CN. The molecule has 0 aromatic heterocycles. The lowest BCUT2D eigenvalue weighted by atomic mass is 10.1. The lowest BCUT2D eigenvalue weighted by Gasteiger charge is -2.14. The van der Waals surface area contributed by atoms with Crippen LogP contribution < -0.4 is 10.5 Å². The summed E-state index contributed by atoms with van der Waals surface area (Å²) in [6, 6.07) is 12.3. The van der Waals surface area contributed by atoms with E-state index in [4.69, 9.17) is 10.5 Å². The van der Waals surface area contributed by atoms with Gasteiger partial charge >= 0.3 is 0 Å². The van der Waals surface area contributed by atoms with Crippen molar-refractivity contribution >= 4 is 11.8 Å². The Balaban J connectivity index is 2.35. The van der Waals surface area contributed by atoms with Gasteiger partial charge in [0.15, 0.2) is 0 Å². The minimum Gasteiger partial charge on any atom is -0.457 e. The largest absolute Gasteiger partial charge is 0.457 e. The fourth-order valence-corrected chi connectivity index (χ4v) is 3.10. The van der Waals surface area contributed by atoms with Gasteiger partial charge in [-0.15, -0.1) is 11.8 Å². The molecule has 2 rings (SSSR count). The zero-order valence-corrected chi connectivity index (χ0v) is 13.1. The van der Waals surface area contributed by atoms with E-state index >= 15 is 0 Å². The molecule has 2 N–H and O–H groups in total. The first-order valence-corrected chi connectivity index (χ1v) is 7.83. The summed E-state index contributed by atoms with van der Waals surface area (Å²) in [5.74, 6) is 2.76. The molecule has 106 valence electrons. The van der Waals surface area contributed by atoms with E-state index in [1.807, 2.05) is 24.3 Å². The molecule has 0 unspecified atom stereocenters. The van der Waals surface area contributed by atoms with Gasteiger partial charge in [0.25, 0.3) is 0 Å². The van der Waals surface area contributed by atoms with Crippen LogP contribution in [0.4, 0.5) is 0 Å². The van der Waals surface area contributed by atoms with Crippen LogP contribution >= 0.6 is 11.8 Å². The van der Waals surface area contributed by atoms with Crippen LogP contribution in [0.25, 0.3) is 0 Å². The van der Waals surface area contributed by atoms with Gasteiger partial charge in [0, 0.05) is 17.0 Å². The molecule has 0 atom stereocenters. The molecule has 3 heteroatoms. The number of hydrogen-bond acceptors (Lipinski definition) is 3. The van der Waals surface area contributed by atoms with Gasteiger partial charge in [-0.05, 0) is 55.0 Å². The molecule has 0 spiro atoms. The smallest absolute Gasteiger partial charge is 0.133 e. The Morgan fingerprint density at radius 2 is 1.80 bits per heavy atom. The van der Waals surface area contributed by atoms with Crippen LogP contribution in [0.2, 0.25) is 0 Å². The van der Waals surface area contributed by atoms with Gasteiger partial charge in [-0.3, -0.25) is 0 Å². The Bertz CT molecular complexity index is 575. The van der Waals surface area contributed by atoms with Gasteiger partial charge in [-0.1, -0.05) is 19.1 Å². The Morgan fingerprint density at radius 1 is 1.10 bits per heavy atom. The van der Waals surface area contributed by atoms with Crippen LogP contribution in [-0.4, -0.2) is 5.75 Å². The van der Waals surface area contributed by atoms with Gasteiger partial charge < -0.3 is 10.5 Å². The molecule has 0 heterocycles. The van der Waals surface area contributed by atoms with Crippen molar-refractivity contribution in [3.05, 3.63) is 53.1 Å². The molecule has 0 amide bonds.